The van der Waals surface area contributed by atoms with E-state index in [1.807, 2.05) is 24.3 Å². The predicted molar refractivity (Wildman–Crippen MR) is 91.3 cm³/mol. The fourth-order valence-corrected chi connectivity index (χ4v) is 2.09. The van der Waals surface area contributed by atoms with Gasteiger partial charge in [0.15, 0.2) is 0 Å². The second kappa shape index (κ2) is 11.6. The van der Waals surface area contributed by atoms with E-state index in [0.717, 1.165) is 17.9 Å². The number of aliphatic carboxylic acids is 1. The Morgan fingerprint density at radius 3 is 2.05 bits per heavy atom. The molecule has 0 radical (unpaired) electrons. The van der Waals surface area contributed by atoms with E-state index in [0.29, 0.717) is 5.92 Å². The molecule has 2 nitrogen and oxygen atoms in total. The Morgan fingerprint density at radius 1 is 1.14 bits per heavy atom. The lowest BCUT2D eigenvalue weighted by molar-refractivity contribution is -0.138. The first-order chi connectivity index (χ1) is 9.92. The Hall–Kier alpha value is -1.02. The van der Waals surface area contributed by atoms with Gasteiger partial charge in [-0.3, -0.25) is 4.79 Å². The number of carbonyl (C=O) groups is 1. The largest absolute Gasteiger partial charge is 0.481 e. The molecule has 0 saturated heterocycles. The molecule has 120 valence electrons. The number of benzene rings is 1. The molecular formula is C18H29ClO2. The fraction of sp³-hybridized carbons (Fsp3) is 0.611. The van der Waals surface area contributed by atoms with Gasteiger partial charge >= 0.3 is 5.97 Å². The topological polar surface area (TPSA) is 37.3 Å². The second-order valence-electron chi connectivity index (χ2n) is 5.80. The lowest BCUT2D eigenvalue weighted by atomic mass is 9.97. The van der Waals surface area contributed by atoms with Crippen molar-refractivity contribution in [3.05, 3.63) is 35.4 Å². The molecule has 0 aromatic heterocycles. The summed E-state index contributed by atoms with van der Waals surface area (Å²) in [5.41, 5.74) is 2.14. The lowest BCUT2D eigenvalue weighted by Crippen LogP contribution is -2.07. The zero-order valence-corrected chi connectivity index (χ0v) is 14.5. The van der Waals surface area contributed by atoms with Crippen LogP contribution < -0.4 is 0 Å². The first-order valence-electron chi connectivity index (χ1n) is 7.79. The molecule has 0 amide bonds. The number of hydrogen-bond donors (Lipinski definition) is 1. The van der Waals surface area contributed by atoms with E-state index in [1.165, 1.54) is 24.8 Å². The highest BCUT2D eigenvalue weighted by Gasteiger charge is 2.12. The number of alkyl halides is 1. The zero-order valence-electron chi connectivity index (χ0n) is 13.7. The van der Waals surface area contributed by atoms with Crippen LogP contribution in [0.4, 0.5) is 0 Å². The van der Waals surface area contributed by atoms with E-state index in [4.69, 9.17) is 16.7 Å². The molecule has 1 aromatic carbocycles. The maximum atomic E-state index is 10.8. The molecule has 1 atom stereocenters. The van der Waals surface area contributed by atoms with Crippen molar-refractivity contribution in [3.8, 4) is 0 Å². The van der Waals surface area contributed by atoms with Crippen LogP contribution in [0.1, 0.15) is 64.0 Å². The Kier molecular flexibility index (Phi) is 11.1. The zero-order chi connectivity index (χ0) is 16.3. The molecule has 0 aliphatic carbocycles. The molecule has 0 heterocycles. The van der Waals surface area contributed by atoms with Gasteiger partial charge in [-0.1, -0.05) is 57.9 Å². The quantitative estimate of drug-likeness (QED) is 0.534. The van der Waals surface area contributed by atoms with Gasteiger partial charge in [0.05, 0.1) is 5.92 Å². The molecule has 0 saturated carbocycles. The van der Waals surface area contributed by atoms with E-state index in [-0.39, 0.29) is 0 Å². The summed E-state index contributed by atoms with van der Waals surface area (Å²) in [5, 5.41) is 8.85. The van der Waals surface area contributed by atoms with Crippen molar-refractivity contribution < 1.29 is 9.90 Å². The average molecular weight is 313 g/mol. The Bertz CT molecular complexity index is 381. The third kappa shape index (κ3) is 9.52. The lowest BCUT2D eigenvalue weighted by Gasteiger charge is -2.09. The average Bonchev–Trinajstić information content (AvgIpc) is 2.45. The van der Waals surface area contributed by atoms with Gasteiger partial charge in [-0.25, -0.2) is 0 Å². The van der Waals surface area contributed by atoms with E-state index in [1.54, 1.807) is 6.92 Å². The summed E-state index contributed by atoms with van der Waals surface area (Å²) < 4.78 is 0. The van der Waals surface area contributed by atoms with E-state index in [9.17, 15) is 4.79 Å². The molecule has 3 heteroatoms. The summed E-state index contributed by atoms with van der Waals surface area (Å²) in [5.74, 6) is 0.269. The number of unbranched alkanes of at least 4 members (excludes halogenated alkanes) is 2. The van der Waals surface area contributed by atoms with Crippen LogP contribution in [-0.4, -0.2) is 17.0 Å². The van der Waals surface area contributed by atoms with Gasteiger partial charge in [0, 0.05) is 5.88 Å². The van der Waals surface area contributed by atoms with Crippen molar-refractivity contribution in [1.29, 1.82) is 0 Å². The highest BCUT2D eigenvalue weighted by Crippen LogP contribution is 2.17. The van der Waals surface area contributed by atoms with Crippen LogP contribution in [0, 0.1) is 5.92 Å². The summed E-state index contributed by atoms with van der Waals surface area (Å²) in [7, 11) is 0. The Balaban J connectivity index is 0.000000567. The van der Waals surface area contributed by atoms with Crippen molar-refractivity contribution in [1.82, 2.24) is 0 Å². The molecule has 0 aliphatic heterocycles. The van der Waals surface area contributed by atoms with Crippen molar-refractivity contribution in [3.63, 3.8) is 0 Å². The number of halogens is 1. The van der Waals surface area contributed by atoms with E-state index in [2.05, 4.69) is 20.8 Å². The third-order valence-corrected chi connectivity index (χ3v) is 3.50. The van der Waals surface area contributed by atoms with Crippen molar-refractivity contribution in [2.45, 2.75) is 59.3 Å². The van der Waals surface area contributed by atoms with Gasteiger partial charge in [0.1, 0.15) is 0 Å². The van der Waals surface area contributed by atoms with Crippen LogP contribution in [-0.2, 0) is 11.2 Å². The molecular weight excluding hydrogens is 284 g/mol. The van der Waals surface area contributed by atoms with Gasteiger partial charge in [0.25, 0.3) is 0 Å². The number of carboxylic acids is 1. The van der Waals surface area contributed by atoms with Crippen molar-refractivity contribution in [2.24, 2.45) is 5.92 Å². The standard InChI is InChI=1S/C13H18O2.C5H11Cl/c1-9(2)8-11-4-6-12(7-5-11)10(3)13(14)15;1-2-3-4-5-6/h4-7,9-10H,8H2,1-3H3,(H,14,15);2-5H2,1H3. The van der Waals surface area contributed by atoms with Crippen LogP contribution >= 0.6 is 11.6 Å². The molecule has 21 heavy (non-hydrogen) atoms. The summed E-state index contributed by atoms with van der Waals surface area (Å²) in [6, 6.07) is 7.87. The number of carboxylic acid groups (broad SMARTS) is 1. The number of hydrogen-bond acceptors (Lipinski definition) is 1. The summed E-state index contributed by atoms with van der Waals surface area (Å²) in [4.78, 5) is 10.8. The number of rotatable bonds is 7. The monoisotopic (exact) mass is 312 g/mol. The van der Waals surface area contributed by atoms with Gasteiger partial charge in [0.2, 0.25) is 0 Å². The highest BCUT2D eigenvalue weighted by atomic mass is 35.5. The molecule has 1 N–H and O–H groups in total. The summed E-state index contributed by atoms with van der Waals surface area (Å²) in [6.45, 7) is 8.23. The van der Waals surface area contributed by atoms with Crippen LogP contribution in [0.15, 0.2) is 24.3 Å². The summed E-state index contributed by atoms with van der Waals surface area (Å²) in [6.07, 6.45) is 4.77. The van der Waals surface area contributed by atoms with Gasteiger partial charge in [-0.2, -0.15) is 0 Å². The fourth-order valence-electron chi connectivity index (χ4n) is 1.90. The van der Waals surface area contributed by atoms with Crippen LogP contribution in [0.3, 0.4) is 0 Å². The minimum Gasteiger partial charge on any atom is -0.481 e. The predicted octanol–water partition coefficient (Wildman–Crippen LogP) is 5.49. The Labute approximate surface area is 134 Å². The highest BCUT2D eigenvalue weighted by molar-refractivity contribution is 6.17. The normalized spacial score (nSPS) is 11.7. The molecule has 0 bridgehead atoms. The third-order valence-electron chi connectivity index (χ3n) is 3.23. The molecule has 0 fully saturated rings. The Morgan fingerprint density at radius 2 is 1.71 bits per heavy atom. The molecule has 0 aliphatic rings. The van der Waals surface area contributed by atoms with E-state index < -0.39 is 11.9 Å². The second-order valence-corrected chi connectivity index (χ2v) is 6.17. The van der Waals surface area contributed by atoms with Crippen LogP contribution in [0.25, 0.3) is 0 Å². The van der Waals surface area contributed by atoms with Crippen LogP contribution in [0.2, 0.25) is 0 Å². The minimum atomic E-state index is -0.772. The molecule has 1 aromatic rings. The first-order valence-corrected chi connectivity index (χ1v) is 8.33. The van der Waals surface area contributed by atoms with Gasteiger partial charge < -0.3 is 5.11 Å². The minimum absolute atomic E-state index is 0.418. The molecule has 1 unspecified atom stereocenters. The van der Waals surface area contributed by atoms with Crippen molar-refractivity contribution >= 4 is 17.6 Å². The maximum absolute atomic E-state index is 10.8. The van der Waals surface area contributed by atoms with E-state index >= 15 is 0 Å². The summed E-state index contributed by atoms with van der Waals surface area (Å²) >= 11 is 5.38. The van der Waals surface area contributed by atoms with Crippen molar-refractivity contribution in [2.75, 3.05) is 5.88 Å². The SMILES string of the molecule is CC(C)Cc1ccc(C(C)C(=O)O)cc1.CCCCCCl. The van der Waals surface area contributed by atoms with Gasteiger partial charge in [-0.05, 0) is 36.8 Å². The molecule has 1 rings (SSSR count). The first kappa shape index (κ1) is 20.0. The van der Waals surface area contributed by atoms with Gasteiger partial charge in [-0.15, -0.1) is 11.6 Å². The van der Waals surface area contributed by atoms with Crippen LogP contribution in [0.5, 0.6) is 0 Å². The smallest absolute Gasteiger partial charge is 0.310 e. The molecule has 0 spiro atoms. The maximum Gasteiger partial charge on any atom is 0.310 e.